The van der Waals surface area contributed by atoms with Crippen LogP contribution in [0, 0.1) is 5.92 Å². The van der Waals surface area contributed by atoms with Gasteiger partial charge < -0.3 is 11.1 Å². The lowest BCUT2D eigenvalue weighted by atomic mass is 10.0. The molecule has 15 heavy (non-hydrogen) atoms. The van der Waals surface area contributed by atoms with Gasteiger partial charge in [0.1, 0.15) is 0 Å². The molecule has 1 aromatic heterocycles. The van der Waals surface area contributed by atoms with Gasteiger partial charge in [-0.05, 0) is 32.2 Å². The number of hydrogen-bond donors (Lipinski definition) is 3. The van der Waals surface area contributed by atoms with E-state index in [1.807, 2.05) is 12.4 Å². The van der Waals surface area contributed by atoms with Gasteiger partial charge in [-0.2, -0.15) is 5.10 Å². The van der Waals surface area contributed by atoms with Gasteiger partial charge in [0.15, 0.2) is 0 Å². The molecule has 84 valence electrons. The minimum atomic E-state index is 0.362. The number of aromatic amines is 1. The van der Waals surface area contributed by atoms with Gasteiger partial charge in [-0.25, -0.2) is 0 Å². The van der Waals surface area contributed by atoms with E-state index in [-0.39, 0.29) is 0 Å². The van der Waals surface area contributed by atoms with Gasteiger partial charge in [0, 0.05) is 23.8 Å². The van der Waals surface area contributed by atoms with Crippen molar-refractivity contribution in [2.24, 2.45) is 11.7 Å². The molecule has 1 saturated carbocycles. The molecule has 4 nitrogen and oxygen atoms in total. The Kier molecular flexibility index (Phi) is 3.38. The molecule has 3 unspecified atom stereocenters. The maximum atomic E-state index is 5.76. The Labute approximate surface area is 90.6 Å². The van der Waals surface area contributed by atoms with Crippen LogP contribution in [0.2, 0.25) is 0 Å². The average Bonchev–Trinajstić information content (AvgIpc) is 2.87. The second-order valence-electron chi connectivity index (χ2n) is 4.45. The lowest BCUT2D eigenvalue weighted by molar-refractivity contribution is 0.374. The molecular weight excluding hydrogens is 188 g/mol. The van der Waals surface area contributed by atoms with E-state index in [1.165, 1.54) is 24.8 Å². The Hall–Kier alpha value is -0.870. The van der Waals surface area contributed by atoms with Crippen molar-refractivity contribution < 1.29 is 0 Å². The molecule has 4 heteroatoms. The number of nitrogens with two attached hydrogens (primary N) is 1. The van der Waals surface area contributed by atoms with E-state index >= 15 is 0 Å². The van der Waals surface area contributed by atoms with Crippen molar-refractivity contribution in [3.05, 3.63) is 18.0 Å². The predicted molar refractivity (Wildman–Crippen MR) is 60.3 cm³/mol. The highest BCUT2D eigenvalue weighted by atomic mass is 15.1. The first kappa shape index (κ1) is 10.6. The summed E-state index contributed by atoms with van der Waals surface area (Å²) < 4.78 is 0. The van der Waals surface area contributed by atoms with E-state index in [2.05, 4.69) is 22.4 Å². The second-order valence-corrected chi connectivity index (χ2v) is 4.45. The van der Waals surface area contributed by atoms with Crippen molar-refractivity contribution in [3.63, 3.8) is 0 Å². The summed E-state index contributed by atoms with van der Waals surface area (Å²) in [6.45, 7) is 2.98. The van der Waals surface area contributed by atoms with E-state index in [9.17, 15) is 0 Å². The molecule has 0 radical (unpaired) electrons. The van der Waals surface area contributed by atoms with Gasteiger partial charge in [0.2, 0.25) is 0 Å². The van der Waals surface area contributed by atoms with E-state index < -0.39 is 0 Å². The first-order valence-electron chi connectivity index (χ1n) is 5.76. The van der Waals surface area contributed by atoms with E-state index in [0.717, 1.165) is 6.54 Å². The molecule has 0 amide bonds. The summed E-state index contributed by atoms with van der Waals surface area (Å²) in [7, 11) is 0. The van der Waals surface area contributed by atoms with Crippen molar-refractivity contribution in [2.75, 3.05) is 6.54 Å². The monoisotopic (exact) mass is 208 g/mol. The summed E-state index contributed by atoms with van der Waals surface area (Å²) >= 11 is 0. The second kappa shape index (κ2) is 4.77. The van der Waals surface area contributed by atoms with Crippen molar-refractivity contribution in [1.82, 2.24) is 15.5 Å². The van der Waals surface area contributed by atoms with Crippen LogP contribution < -0.4 is 11.1 Å². The fourth-order valence-corrected chi connectivity index (χ4v) is 2.45. The molecule has 0 spiro atoms. The summed E-state index contributed by atoms with van der Waals surface area (Å²) in [5, 5.41) is 10.5. The van der Waals surface area contributed by atoms with Gasteiger partial charge in [0.25, 0.3) is 0 Å². The van der Waals surface area contributed by atoms with E-state index in [1.54, 1.807) is 0 Å². The van der Waals surface area contributed by atoms with Gasteiger partial charge in [-0.3, -0.25) is 5.10 Å². The Balaban J connectivity index is 1.91. The summed E-state index contributed by atoms with van der Waals surface area (Å²) in [6, 6.07) is 0.945. The summed E-state index contributed by atoms with van der Waals surface area (Å²) in [5.41, 5.74) is 6.98. The van der Waals surface area contributed by atoms with Gasteiger partial charge in [-0.1, -0.05) is 6.42 Å². The predicted octanol–water partition coefficient (Wildman–Crippen LogP) is 1.19. The van der Waals surface area contributed by atoms with E-state index in [4.69, 9.17) is 5.73 Å². The smallest absolute Gasteiger partial charge is 0.0534 e. The lowest BCUT2D eigenvalue weighted by Gasteiger charge is -2.23. The number of nitrogens with one attached hydrogen (secondary N) is 2. The summed E-state index contributed by atoms with van der Waals surface area (Å²) in [4.78, 5) is 0. The minimum Gasteiger partial charge on any atom is -0.330 e. The fourth-order valence-electron chi connectivity index (χ4n) is 2.45. The molecule has 1 aromatic rings. The number of nitrogens with zero attached hydrogens (tertiary/aromatic N) is 1. The van der Waals surface area contributed by atoms with Crippen LogP contribution in [0.25, 0.3) is 0 Å². The van der Waals surface area contributed by atoms with Crippen molar-refractivity contribution in [1.29, 1.82) is 0 Å². The molecule has 0 aromatic carbocycles. The van der Waals surface area contributed by atoms with Gasteiger partial charge in [0.05, 0.1) is 6.20 Å². The van der Waals surface area contributed by atoms with Crippen LogP contribution in [-0.4, -0.2) is 22.8 Å². The van der Waals surface area contributed by atoms with Crippen LogP contribution in [-0.2, 0) is 0 Å². The zero-order valence-corrected chi connectivity index (χ0v) is 9.24. The number of hydrogen-bond acceptors (Lipinski definition) is 3. The fraction of sp³-hybridized carbons (Fsp3) is 0.727. The maximum absolute atomic E-state index is 5.76. The zero-order valence-electron chi connectivity index (χ0n) is 9.24. The highest BCUT2D eigenvalue weighted by molar-refractivity contribution is 5.08. The van der Waals surface area contributed by atoms with Crippen LogP contribution in [0.1, 0.15) is 37.8 Å². The Bertz CT molecular complexity index is 283. The molecule has 1 fully saturated rings. The normalized spacial score (nSPS) is 28.1. The van der Waals surface area contributed by atoms with Crippen LogP contribution >= 0.6 is 0 Å². The number of rotatable bonds is 4. The third kappa shape index (κ3) is 2.38. The maximum Gasteiger partial charge on any atom is 0.0534 e. The molecule has 1 aliphatic rings. The molecule has 0 saturated heterocycles. The molecule has 4 N–H and O–H groups in total. The molecule has 1 heterocycles. The summed E-state index contributed by atoms with van der Waals surface area (Å²) in [5.74, 6) is 0.652. The molecule has 3 atom stereocenters. The highest BCUT2D eigenvalue weighted by Crippen LogP contribution is 2.26. The summed E-state index contributed by atoms with van der Waals surface area (Å²) in [6.07, 6.45) is 7.65. The molecule has 0 bridgehead atoms. The Morgan fingerprint density at radius 1 is 1.67 bits per heavy atom. The van der Waals surface area contributed by atoms with Crippen molar-refractivity contribution >= 4 is 0 Å². The van der Waals surface area contributed by atoms with Crippen molar-refractivity contribution in [3.8, 4) is 0 Å². The standard InChI is InChI=1S/C11H20N4/c1-8(10-6-13-14-7-10)15-11-4-2-3-9(11)5-12/h6-9,11,15H,2-5,12H2,1H3,(H,13,14). The van der Waals surface area contributed by atoms with Gasteiger partial charge >= 0.3 is 0 Å². The van der Waals surface area contributed by atoms with E-state index in [0.29, 0.717) is 18.0 Å². The number of aromatic nitrogens is 2. The quantitative estimate of drug-likeness (QED) is 0.696. The first-order chi connectivity index (χ1) is 7.31. The molecular formula is C11H20N4. The number of H-pyrrole nitrogens is 1. The third-order valence-corrected chi connectivity index (χ3v) is 3.45. The topological polar surface area (TPSA) is 66.7 Å². The van der Waals surface area contributed by atoms with Crippen molar-refractivity contribution in [2.45, 2.75) is 38.3 Å². The van der Waals surface area contributed by atoms with Crippen LogP contribution in [0.5, 0.6) is 0 Å². The largest absolute Gasteiger partial charge is 0.330 e. The first-order valence-corrected chi connectivity index (χ1v) is 5.76. The highest BCUT2D eigenvalue weighted by Gasteiger charge is 2.27. The Morgan fingerprint density at radius 3 is 3.20 bits per heavy atom. The average molecular weight is 208 g/mol. The lowest BCUT2D eigenvalue weighted by Crippen LogP contribution is -2.37. The third-order valence-electron chi connectivity index (χ3n) is 3.45. The van der Waals surface area contributed by atoms with Crippen LogP contribution in [0.3, 0.4) is 0 Å². The Morgan fingerprint density at radius 2 is 2.53 bits per heavy atom. The van der Waals surface area contributed by atoms with Gasteiger partial charge in [-0.15, -0.1) is 0 Å². The molecule has 1 aliphatic carbocycles. The minimum absolute atomic E-state index is 0.362. The zero-order chi connectivity index (χ0) is 10.7. The van der Waals surface area contributed by atoms with Crippen LogP contribution in [0.4, 0.5) is 0 Å². The molecule has 2 rings (SSSR count). The SMILES string of the molecule is CC(NC1CCCC1CN)c1cn[nH]c1. The van der Waals surface area contributed by atoms with Crippen LogP contribution in [0.15, 0.2) is 12.4 Å². The molecule has 0 aliphatic heterocycles.